The summed E-state index contributed by atoms with van der Waals surface area (Å²) < 4.78 is 18.0. The third-order valence-corrected chi connectivity index (χ3v) is 6.36. The molecular formula is C26H25FN6. The van der Waals surface area contributed by atoms with Gasteiger partial charge in [0.2, 0.25) is 0 Å². The molecule has 0 bridgehead atoms. The molecule has 2 aromatic carbocycles. The van der Waals surface area contributed by atoms with Crippen LogP contribution in [0.3, 0.4) is 0 Å². The molecule has 166 valence electrons. The lowest BCUT2D eigenvalue weighted by Crippen LogP contribution is -2.18. The van der Waals surface area contributed by atoms with Crippen molar-refractivity contribution < 1.29 is 4.39 Å². The number of fused-ring (bicyclic) bond motifs is 2. The molecule has 33 heavy (non-hydrogen) atoms. The number of aromatic nitrogens is 4. The molecule has 6 nitrogen and oxygen atoms in total. The van der Waals surface area contributed by atoms with Crippen molar-refractivity contribution in [3.63, 3.8) is 0 Å². The summed E-state index contributed by atoms with van der Waals surface area (Å²) in [7, 11) is 0. The first kappa shape index (κ1) is 19.9. The highest BCUT2D eigenvalue weighted by Gasteiger charge is 2.28. The van der Waals surface area contributed by atoms with Crippen LogP contribution in [0, 0.1) is 6.92 Å². The Bertz CT molecular complexity index is 1440. The molecule has 0 aliphatic carbocycles. The van der Waals surface area contributed by atoms with Crippen molar-refractivity contribution in [2.45, 2.75) is 32.1 Å². The van der Waals surface area contributed by atoms with E-state index < -0.39 is 6.17 Å². The van der Waals surface area contributed by atoms with Gasteiger partial charge in [0.05, 0.1) is 17.3 Å². The Labute approximate surface area is 191 Å². The zero-order chi connectivity index (χ0) is 22.4. The van der Waals surface area contributed by atoms with Crippen molar-refractivity contribution in [3.8, 4) is 5.95 Å². The second-order valence-electron chi connectivity index (χ2n) is 8.63. The number of aryl methyl sites for hydroxylation is 1. The lowest BCUT2D eigenvalue weighted by atomic mass is 10.1. The van der Waals surface area contributed by atoms with Gasteiger partial charge in [-0.05, 0) is 36.8 Å². The number of nitrogens with one attached hydrogen (secondary N) is 2. The van der Waals surface area contributed by atoms with Gasteiger partial charge in [-0.15, -0.1) is 5.10 Å². The molecule has 6 rings (SSSR count). The van der Waals surface area contributed by atoms with E-state index in [1.165, 1.54) is 5.56 Å². The Morgan fingerprint density at radius 2 is 1.85 bits per heavy atom. The standard InChI is InChI=1S/C26H25FN6/c1-17-13-19-9-5-6-10-22(19)32(17)26-30-25(29-15-18-7-3-2-4-8-18)24-12-11-23(33(24)31-26)21-14-20(27)16-28-21/h2-13,20-21,28H,14-16H2,1H3,(H,29,30,31)/t20?,21-/m0/s1. The van der Waals surface area contributed by atoms with Gasteiger partial charge < -0.3 is 10.6 Å². The summed E-state index contributed by atoms with van der Waals surface area (Å²) in [6.07, 6.45) is -0.392. The van der Waals surface area contributed by atoms with Crippen molar-refractivity contribution in [1.29, 1.82) is 0 Å². The van der Waals surface area contributed by atoms with Gasteiger partial charge in [0.25, 0.3) is 5.95 Å². The second-order valence-corrected chi connectivity index (χ2v) is 8.63. The Morgan fingerprint density at radius 3 is 2.67 bits per heavy atom. The topological polar surface area (TPSA) is 59.2 Å². The summed E-state index contributed by atoms with van der Waals surface area (Å²) in [5, 5.41) is 12.9. The van der Waals surface area contributed by atoms with Crippen LogP contribution in [0.5, 0.6) is 0 Å². The van der Waals surface area contributed by atoms with Crippen LogP contribution < -0.4 is 10.6 Å². The van der Waals surface area contributed by atoms with E-state index in [0.717, 1.165) is 33.6 Å². The van der Waals surface area contributed by atoms with E-state index in [1.807, 2.05) is 47.0 Å². The van der Waals surface area contributed by atoms with E-state index in [-0.39, 0.29) is 6.04 Å². The Morgan fingerprint density at radius 1 is 1.03 bits per heavy atom. The summed E-state index contributed by atoms with van der Waals surface area (Å²) in [5.41, 5.74) is 5.11. The van der Waals surface area contributed by atoms with Gasteiger partial charge in [-0.3, -0.25) is 4.57 Å². The maximum atomic E-state index is 14.0. The summed E-state index contributed by atoms with van der Waals surface area (Å²) in [5.74, 6) is 1.34. The SMILES string of the molecule is Cc1cc2ccccc2n1-c1nc(NCc2ccccc2)c2ccc([C@@H]3CC(F)CN3)n2n1. The number of alkyl halides is 1. The lowest BCUT2D eigenvalue weighted by molar-refractivity contribution is 0.355. The van der Waals surface area contributed by atoms with Crippen LogP contribution in [-0.4, -0.2) is 31.9 Å². The number of para-hydroxylation sites is 1. The summed E-state index contributed by atoms with van der Waals surface area (Å²) in [6, 6.07) is 24.6. The minimum atomic E-state index is -0.840. The van der Waals surface area contributed by atoms with Crippen LogP contribution in [0.15, 0.2) is 72.8 Å². The van der Waals surface area contributed by atoms with E-state index in [2.05, 4.69) is 52.5 Å². The predicted molar refractivity (Wildman–Crippen MR) is 129 cm³/mol. The monoisotopic (exact) mass is 440 g/mol. The molecule has 2 atom stereocenters. The highest BCUT2D eigenvalue weighted by molar-refractivity contribution is 5.83. The maximum absolute atomic E-state index is 14.0. The number of anilines is 1. The zero-order valence-corrected chi connectivity index (χ0v) is 18.4. The number of hydrogen-bond donors (Lipinski definition) is 2. The predicted octanol–water partition coefficient (Wildman–Crippen LogP) is 4.97. The normalized spacial score (nSPS) is 18.4. The van der Waals surface area contributed by atoms with E-state index in [4.69, 9.17) is 10.1 Å². The highest BCUT2D eigenvalue weighted by Crippen LogP contribution is 2.30. The van der Waals surface area contributed by atoms with Crippen LogP contribution >= 0.6 is 0 Å². The first-order valence-corrected chi connectivity index (χ1v) is 11.3. The van der Waals surface area contributed by atoms with E-state index in [0.29, 0.717) is 25.5 Å². The second kappa shape index (κ2) is 8.01. The molecule has 3 aromatic heterocycles. The fraction of sp³-hybridized carbons (Fsp3) is 0.231. The highest BCUT2D eigenvalue weighted by atomic mass is 19.1. The van der Waals surface area contributed by atoms with E-state index in [9.17, 15) is 4.39 Å². The van der Waals surface area contributed by atoms with Crippen molar-refractivity contribution in [3.05, 3.63) is 89.7 Å². The van der Waals surface area contributed by atoms with E-state index in [1.54, 1.807) is 0 Å². The number of rotatable bonds is 5. The Hall–Kier alpha value is -3.71. The molecule has 0 radical (unpaired) electrons. The van der Waals surface area contributed by atoms with Crippen molar-refractivity contribution in [2.75, 3.05) is 11.9 Å². The van der Waals surface area contributed by atoms with Crippen LogP contribution in [0.2, 0.25) is 0 Å². The fourth-order valence-corrected chi connectivity index (χ4v) is 4.75. The summed E-state index contributed by atoms with van der Waals surface area (Å²) in [6.45, 7) is 3.08. The first-order chi connectivity index (χ1) is 16.2. The molecule has 5 aromatic rings. The molecule has 1 aliphatic heterocycles. The van der Waals surface area contributed by atoms with Crippen molar-refractivity contribution in [2.24, 2.45) is 0 Å². The smallest absolute Gasteiger partial charge is 0.254 e. The van der Waals surface area contributed by atoms with Gasteiger partial charge in [-0.25, -0.2) is 8.91 Å². The van der Waals surface area contributed by atoms with Gasteiger partial charge in [0, 0.05) is 30.6 Å². The largest absolute Gasteiger partial charge is 0.364 e. The van der Waals surface area contributed by atoms with Crippen molar-refractivity contribution >= 4 is 22.2 Å². The fourth-order valence-electron chi connectivity index (χ4n) is 4.75. The lowest BCUT2D eigenvalue weighted by Gasteiger charge is -2.15. The molecule has 4 heterocycles. The van der Waals surface area contributed by atoms with Crippen LogP contribution in [0.1, 0.15) is 29.4 Å². The quantitative estimate of drug-likeness (QED) is 0.405. The summed E-state index contributed by atoms with van der Waals surface area (Å²) >= 11 is 0. The molecule has 2 N–H and O–H groups in total. The van der Waals surface area contributed by atoms with Gasteiger partial charge in [-0.2, -0.15) is 4.98 Å². The zero-order valence-electron chi connectivity index (χ0n) is 18.4. The molecule has 0 spiro atoms. The summed E-state index contributed by atoms with van der Waals surface area (Å²) in [4.78, 5) is 4.95. The third kappa shape index (κ3) is 3.54. The molecule has 1 unspecified atom stereocenters. The third-order valence-electron chi connectivity index (χ3n) is 6.36. The molecular weight excluding hydrogens is 415 g/mol. The van der Waals surface area contributed by atoms with Crippen LogP contribution in [0.4, 0.5) is 10.2 Å². The Kier molecular flexibility index (Phi) is 4.84. The molecule has 1 fully saturated rings. The maximum Gasteiger partial charge on any atom is 0.254 e. The van der Waals surface area contributed by atoms with Crippen molar-refractivity contribution in [1.82, 2.24) is 24.5 Å². The molecule has 0 saturated carbocycles. The first-order valence-electron chi connectivity index (χ1n) is 11.3. The van der Waals surface area contributed by atoms with Gasteiger partial charge >= 0.3 is 0 Å². The number of halogens is 1. The number of hydrogen-bond acceptors (Lipinski definition) is 4. The molecule has 1 aliphatic rings. The van der Waals surface area contributed by atoms with Gasteiger partial charge in [0.1, 0.15) is 11.7 Å². The minimum Gasteiger partial charge on any atom is -0.364 e. The molecule has 1 saturated heterocycles. The number of benzene rings is 2. The number of nitrogens with zero attached hydrogens (tertiary/aromatic N) is 4. The molecule has 0 amide bonds. The Balaban J connectivity index is 1.50. The average molecular weight is 441 g/mol. The van der Waals surface area contributed by atoms with Crippen LogP contribution in [-0.2, 0) is 6.54 Å². The average Bonchev–Trinajstić information content (AvgIpc) is 3.53. The van der Waals surface area contributed by atoms with Gasteiger partial charge in [0.15, 0.2) is 5.82 Å². The van der Waals surface area contributed by atoms with Crippen LogP contribution in [0.25, 0.3) is 22.4 Å². The minimum absolute atomic E-state index is 0.0743. The van der Waals surface area contributed by atoms with Gasteiger partial charge in [-0.1, -0.05) is 48.5 Å². The van der Waals surface area contributed by atoms with E-state index >= 15 is 0 Å². The molecule has 7 heteroatoms.